The Morgan fingerprint density at radius 1 is 1.20 bits per heavy atom. The molecule has 1 heterocycles. The number of amides is 1. The number of hydrogen-bond acceptors (Lipinski definition) is 7. The maximum absolute atomic E-state index is 12.8. The molecule has 0 radical (unpaired) electrons. The minimum atomic E-state index is -0.600. The third-order valence-electron chi connectivity index (χ3n) is 4.52. The van der Waals surface area contributed by atoms with Gasteiger partial charge in [0.25, 0.3) is 5.91 Å². The van der Waals surface area contributed by atoms with E-state index in [4.69, 9.17) is 4.74 Å². The number of nitrogens with one attached hydrogen (secondary N) is 1. The fraction of sp³-hybridized carbons (Fsp3) is 0.286. The molecule has 0 saturated carbocycles. The van der Waals surface area contributed by atoms with Crippen LogP contribution in [0.2, 0.25) is 0 Å². The van der Waals surface area contributed by atoms with Crippen molar-refractivity contribution in [1.29, 1.82) is 0 Å². The van der Waals surface area contributed by atoms with Crippen LogP contribution in [0.3, 0.4) is 0 Å². The van der Waals surface area contributed by atoms with Gasteiger partial charge in [0.2, 0.25) is 5.82 Å². The highest BCUT2D eigenvalue weighted by Crippen LogP contribution is 2.31. The Bertz CT molecular complexity index is 1070. The van der Waals surface area contributed by atoms with Gasteiger partial charge in [0, 0.05) is 5.92 Å². The highest BCUT2D eigenvalue weighted by atomic mass is 16.5. The van der Waals surface area contributed by atoms with Crippen LogP contribution in [-0.4, -0.2) is 44.1 Å². The number of ketones is 1. The summed E-state index contributed by atoms with van der Waals surface area (Å²) in [6, 6.07) is 10.5. The van der Waals surface area contributed by atoms with Crippen molar-refractivity contribution in [3.05, 3.63) is 58.9 Å². The average Bonchev–Trinajstić information content (AvgIpc) is 3.18. The van der Waals surface area contributed by atoms with Crippen LogP contribution in [0.4, 0.5) is 5.69 Å². The normalized spacial score (nSPS) is 10.8. The summed E-state index contributed by atoms with van der Waals surface area (Å²) in [5, 5.41) is 24.4. The van der Waals surface area contributed by atoms with Crippen LogP contribution in [0.5, 0.6) is 11.5 Å². The zero-order chi connectivity index (χ0) is 21.8. The van der Waals surface area contributed by atoms with Crippen LogP contribution in [0.1, 0.15) is 46.0 Å². The molecule has 3 rings (SSSR count). The van der Waals surface area contributed by atoms with E-state index in [1.54, 1.807) is 52.1 Å². The first kappa shape index (κ1) is 21.0. The fourth-order valence-electron chi connectivity index (χ4n) is 2.93. The zero-order valence-electron chi connectivity index (χ0n) is 17.2. The molecule has 0 fully saturated rings. The van der Waals surface area contributed by atoms with Crippen LogP contribution < -0.4 is 10.1 Å². The van der Waals surface area contributed by atoms with Gasteiger partial charge in [0.15, 0.2) is 5.78 Å². The van der Waals surface area contributed by atoms with Gasteiger partial charge >= 0.3 is 0 Å². The number of carbonyl (C=O) groups excluding carboxylic acids is 2. The second-order valence-electron chi connectivity index (χ2n) is 7.19. The monoisotopic (exact) mass is 409 g/mol. The fourth-order valence-corrected chi connectivity index (χ4v) is 2.93. The van der Waals surface area contributed by atoms with Gasteiger partial charge in [-0.2, -0.15) is 0 Å². The molecule has 30 heavy (non-hydrogen) atoms. The van der Waals surface area contributed by atoms with Crippen molar-refractivity contribution in [2.24, 2.45) is 5.92 Å². The SMILES string of the molecule is COc1ccc(Cn2nnnc2C(=O)Nc2cc(C)cc(C(=O)C(C)C)c2O)cc1. The molecule has 0 bridgehead atoms. The largest absolute Gasteiger partial charge is 0.505 e. The van der Waals surface area contributed by atoms with E-state index >= 15 is 0 Å². The predicted molar refractivity (Wildman–Crippen MR) is 110 cm³/mol. The molecule has 1 amide bonds. The van der Waals surface area contributed by atoms with Gasteiger partial charge in [-0.15, -0.1) is 5.10 Å². The third kappa shape index (κ3) is 4.45. The number of aromatic hydroxyl groups is 1. The average molecular weight is 409 g/mol. The van der Waals surface area contributed by atoms with E-state index in [9.17, 15) is 14.7 Å². The van der Waals surface area contributed by atoms with Gasteiger partial charge in [-0.05, 0) is 52.7 Å². The van der Waals surface area contributed by atoms with Gasteiger partial charge in [0.1, 0.15) is 11.5 Å². The number of rotatable bonds is 7. The topological polar surface area (TPSA) is 119 Å². The molecular formula is C21H23N5O4. The van der Waals surface area contributed by atoms with Gasteiger partial charge < -0.3 is 15.2 Å². The number of Topliss-reactive ketones (excluding diaryl/α,β-unsaturated/α-hetero) is 1. The van der Waals surface area contributed by atoms with E-state index in [-0.39, 0.29) is 41.1 Å². The number of aromatic nitrogens is 4. The number of tetrazole rings is 1. The lowest BCUT2D eigenvalue weighted by Crippen LogP contribution is -2.20. The minimum absolute atomic E-state index is 0.0246. The van der Waals surface area contributed by atoms with Crippen LogP contribution in [0.15, 0.2) is 36.4 Å². The molecule has 9 nitrogen and oxygen atoms in total. The number of carbonyl (C=O) groups is 2. The summed E-state index contributed by atoms with van der Waals surface area (Å²) < 4.78 is 6.49. The van der Waals surface area contributed by atoms with Crippen molar-refractivity contribution in [2.45, 2.75) is 27.3 Å². The van der Waals surface area contributed by atoms with Crippen LogP contribution >= 0.6 is 0 Å². The minimum Gasteiger partial charge on any atom is -0.505 e. The van der Waals surface area contributed by atoms with Crippen molar-refractivity contribution < 1.29 is 19.4 Å². The van der Waals surface area contributed by atoms with Gasteiger partial charge in [-0.25, -0.2) is 4.68 Å². The zero-order valence-corrected chi connectivity index (χ0v) is 17.2. The Kier molecular flexibility index (Phi) is 6.10. The lowest BCUT2D eigenvalue weighted by molar-refractivity contribution is 0.0935. The number of benzene rings is 2. The number of phenols is 1. The van der Waals surface area contributed by atoms with Crippen molar-refractivity contribution >= 4 is 17.4 Å². The molecule has 0 aliphatic rings. The molecule has 0 unspecified atom stereocenters. The quantitative estimate of drug-likeness (QED) is 0.455. The molecule has 0 atom stereocenters. The van der Waals surface area contributed by atoms with E-state index in [0.717, 1.165) is 16.9 Å². The van der Waals surface area contributed by atoms with E-state index < -0.39 is 5.91 Å². The Labute approximate surface area is 173 Å². The standard InChI is InChI=1S/C21H23N5O4/c1-12(2)18(27)16-9-13(3)10-17(19(16)28)22-21(29)20-23-24-25-26(20)11-14-5-7-15(30-4)8-6-14/h5-10,12,28H,11H2,1-4H3,(H,22,29). The molecule has 2 N–H and O–H groups in total. The summed E-state index contributed by atoms with van der Waals surface area (Å²) >= 11 is 0. The first-order valence-corrected chi connectivity index (χ1v) is 9.38. The van der Waals surface area contributed by atoms with E-state index in [1.165, 1.54) is 4.68 Å². The predicted octanol–water partition coefficient (Wildman–Crippen LogP) is 2.84. The second-order valence-corrected chi connectivity index (χ2v) is 7.19. The van der Waals surface area contributed by atoms with Crippen molar-refractivity contribution in [2.75, 3.05) is 12.4 Å². The lowest BCUT2D eigenvalue weighted by Gasteiger charge is -2.13. The summed E-state index contributed by atoms with van der Waals surface area (Å²) in [7, 11) is 1.58. The first-order valence-electron chi connectivity index (χ1n) is 9.38. The van der Waals surface area contributed by atoms with Crippen molar-refractivity contribution in [3.8, 4) is 11.5 Å². The number of methoxy groups -OCH3 is 1. The van der Waals surface area contributed by atoms with Gasteiger partial charge in [-0.3, -0.25) is 9.59 Å². The number of ether oxygens (including phenoxy) is 1. The molecule has 156 valence electrons. The maximum atomic E-state index is 12.8. The molecule has 0 spiro atoms. The highest BCUT2D eigenvalue weighted by Gasteiger charge is 2.22. The molecule has 1 aromatic heterocycles. The molecule has 3 aromatic rings. The number of phenolic OH excluding ortho intramolecular Hbond substituents is 1. The summed E-state index contributed by atoms with van der Waals surface area (Å²) in [6.45, 7) is 5.54. The molecule has 2 aromatic carbocycles. The number of nitrogens with zero attached hydrogens (tertiary/aromatic N) is 4. The van der Waals surface area contributed by atoms with Gasteiger partial charge in [0.05, 0.1) is 24.9 Å². The number of hydrogen-bond donors (Lipinski definition) is 2. The summed E-state index contributed by atoms with van der Waals surface area (Å²) in [5.74, 6) is -0.688. The molecule has 0 aliphatic heterocycles. The molecule has 0 aliphatic carbocycles. The maximum Gasteiger partial charge on any atom is 0.295 e. The highest BCUT2D eigenvalue weighted by molar-refractivity contribution is 6.06. The van der Waals surface area contributed by atoms with E-state index in [2.05, 4.69) is 20.8 Å². The first-order chi connectivity index (χ1) is 14.3. The van der Waals surface area contributed by atoms with E-state index in [1.807, 2.05) is 12.1 Å². The summed E-state index contributed by atoms with van der Waals surface area (Å²) in [4.78, 5) is 25.1. The second kappa shape index (κ2) is 8.73. The summed E-state index contributed by atoms with van der Waals surface area (Å²) in [6.07, 6.45) is 0. The molecule has 9 heteroatoms. The molecular weight excluding hydrogens is 386 g/mol. The Balaban J connectivity index is 1.84. The number of anilines is 1. The lowest BCUT2D eigenvalue weighted by atomic mass is 9.97. The van der Waals surface area contributed by atoms with E-state index in [0.29, 0.717) is 0 Å². The molecule has 0 saturated heterocycles. The summed E-state index contributed by atoms with van der Waals surface area (Å²) in [5.41, 5.74) is 1.89. The van der Waals surface area contributed by atoms with Gasteiger partial charge in [-0.1, -0.05) is 26.0 Å². The van der Waals surface area contributed by atoms with Crippen LogP contribution in [-0.2, 0) is 6.54 Å². The van der Waals surface area contributed by atoms with Crippen LogP contribution in [0.25, 0.3) is 0 Å². The number of aryl methyl sites for hydroxylation is 1. The van der Waals surface area contributed by atoms with Crippen molar-refractivity contribution in [3.63, 3.8) is 0 Å². The Morgan fingerprint density at radius 2 is 1.90 bits per heavy atom. The van der Waals surface area contributed by atoms with Crippen molar-refractivity contribution in [1.82, 2.24) is 20.2 Å². The third-order valence-corrected chi connectivity index (χ3v) is 4.52. The Hall–Kier alpha value is -3.75. The Morgan fingerprint density at radius 3 is 2.53 bits per heavy atom. The van der Waals surface area contributed by atoms with Crippen LogP contribution in [0, 0.1) is 12.8 Å². The smallest absolute Gasteiger partial charge is 0.295 e.